The maximum atomic E-state index is 12.5. The summed E-state index contributed by atoms with van der Waals surface area (Å²) < 4.78 is 10.5. The van der Waals surface area contributed by atoms with Gasteiger partial charge in [-0.3, -0.25) is 4.79 Å². The second kappa shape index (κ2) is 9.20. The summed E-state index contributed by atoms with van der Waals surface area (Å²) in [7, 11) is 1.62. The molecule has 2 aromatic rings. The standard InChI is InChI=1S/C20H25N3O3/c1-25-12-13-26-18-7-5-6-16(14-18)20(24)22-17-8-9-19(21-15-17)23-10-3-2-4-11-23/h5-9,14-15H,2-4,10-13H2,1H3,(H,22,24). The number of benzene rings is 1. The quantitative estimate of drug-likeness (QED) is 0.772. The molecule has 0 unspecified atom stereocenters. The molecule has 0 aliphatic carbocycles. The van der Waals surface area contributed by atoms with Crippen LogP contribution < -0.4 is 15.0 Å². The van der Waals surface area contributed by atoms with Crippen LogP contribution in [0.2, 0.25) is 0 Å². The summed E-state index contributed by atoms with van der Waals surface area (Å²) in [6, 6.07) is 11.0. The number of anilines is 2. The maximum Gasteiger partial charge on any atom is 0.255 e. The molecule has 1 aromatic heterocycles. The number of methoxy groups -OCH3 is 1. The lowest BCUT2D eigenvalue weighted by atomic mass is 10.1. The first-order chi connectivity index (χ1) is 12.8. The van der Waals surface area contributed by atoms with E-state index in [-0.39, 0.29) is 5.91 Å². The number of rotatable bonds is 7. The Morgan fingerprint density at radius 1 is 1.15 bits per heavy atom. The maximum absolute atomic E-state index is 12.5. The molecule has 3 rings (SSSR count). The molecule has 26 heavy (non-hydrogen) atoms. The largest absolute Gasteiger partial charge is 0.491 e. The molecule has 1 aliphatic rings. The van der Waals surface area contributed by atoms with Crippen molar-refractivity contribution in [2.24, 2.45) is 0 Å². The predicted molar refractivity (Wildman–Crippen MR) is 102 cm³/mol. The number of hydrogen-bond donors (Lipinski definition) is 1. The lowest BCUT2D eigenvalue weighted by Crippen LogP contribution is -2.30. The molecular formula is C20H25N3O3. The van der Waals surface area contributed by atoms with Crippen molar-refractivity contribution in [3.63, 3.8) is 0 Å². The van der Waals surface area contributed by atoms with Gasteiger partial charge in [-0.15, -0.1) is 0 Å². The van der Waals surface area contributed by atoms with Crippen LogP contribution >= 0.6 is 0 Å². The number of aromatic nitrogens is 1. The molecule has 6 nitrogen and oxygen atoms in total. The molecule has 0 spiro atoms. The van der Waals surface area contributed by atoms with E-state index in [1.807, 2.05) is 18.2 Å². The molecule has 1 fully saturated rings. The third-order valence-corrected chi connectivity index (χ3v) is 4.34. The van der Waals surface area contributed by atoms with Crippen LogP contribution in [0.15, 0.2) is 42.6 Å². The van der Waals surface area contributed by atoms with Gasteiger partial charge in [-0.25, -0.2) is 4.98 Å². The Hall–Kier alpha value is -2.60. The number of carbonyl (C=O) groups excluding carboxylic acids is 1. The molecule has 1 amide bonds. The Labute approximate surface area is 154 Å². The zero-order valence-corrected chi connectivity index (χ0v) is 15.1. The van der Waals surface area contributed by atoms with Crippen molar-refractivity contribution in [1.29, 1.82) is 0 Å². The Morgan fingerprint density at radius 2 is 2.00 bits per heavy atom. The van der Waals surface area contributed by atoms with Crippen molar-refractivity contribution in [1.82, 2.24) is 4.98 Å². The first kappa shape index (κ1) is 18.2. The number of carbonyl (C=O) groups is 1. The highest BCUT2D eigenvalue weighted by atomic mass is 16.5. The summed E-state index contributed by atoms with van der Waals surface area (Å²) in [5, 5.41) is 2.88. The highest BCUT2D eigenvalue weighted by Gasteiger charge is 2.12. The number of pyridine rings is 1. The smallest absolute Gasteiger partial charge is 0.255 e. The summed E-state index contributed by atoms with van der Waals surface area (Å²) in [4.78, 5) is 19.2. The minimum absolute atomic E-state index is 0.185. The van der Waals surface area contributed by atoms with E-state index in [0.717, 1.165) is 18.9 Å². The zero-order chi connectivity index (χ0) is 18.2. The highest BCUT2D eigenvalue weighted by Crippen LogP contribution is 2.20. The lowest BCUT2D eigenvalue weighted by Gasteiger charge is -2.27. The third-order valence-electron chi connectivity index (χ3n) is 4.34. The van der Waals surface area contributed by atoms with Crippen LogP contribution in [0.1, 0.15) is 29.6 Å². The van der Waals surface area contributed by atoms with Gasteiger partial charge in [0, 0.05) is 25.8 Å². The summed E-state index contributed by atoms with van der Waals surface area (Å²) in [5.74, 6) is 1.43. The molecule has 6 heteroatoms. The minimum Gasteiger partial charge on any atom is -0.491 e. The summed E-state index contributed by atoms with van der Waals surface area (Å²) in [6.07, 6.45) is 5.42. The SMILES string of the molecule is COCCOc1cccc(C(=O)Nc2ccc(N3CCCCC3)nc2)c1. The number of hydrogen-bond acceptors (Lipinski definition) is 5. The fraction of sp³-hybridized carbons (Fsp3) is 0.400. The molecule has 0 atom stereocenters. The molecule has 1 aliphatic heterocycles. The van der Waals surface area contributed by atoms with Crippen LogP contribution in [0.25, 0.3) is 0 Å². The summed E-state index contributed by atoms with van der Waals surface area (Å²) in [6.45, 7) is 3.05. The van der Waals surface area contributed by atoms with E-state index in [2.05, 4.69) is 15.2 Å². The number of nitrogens with one attached hydrogen (secondary N) is 1. The first-order valence-corrected chi connectivity index (χ1v) is 9.00. The van der Waals surface area contributed by atoms with Crippen molar-refractivity contribution < 1.29 is 14.3 Å². The predicted octanol–water partition coefficient (Wildman–Crippen LogP) is 3.35. The summed E-state index contributed by atoms with van der Waals surface area (Å²) in [5.41, 5.74) is 1.22. The normalized spacial score (nSPS) is 14.1. The number of nitrogens with zero attached hydrogens (tertiary/aromatic N) is 2. The Kier molecular flexibility index (Phi) is 6.44. The van der Waals surface area contributed by atoms with Gasteiger partial charge in [-0.1, -0.05) is 6.07 Å². The second-order valence-electron chi connectivity index (χ2n) is 6.28. The van der Waals surface area contributed by atoms with Gasteiger partial charge < -0.3 is 19.7 Å². The molecule has 1 N–H and O–H groups in total. The fourth-order valence-corrected chi connectivity index (χ4v) is 2.94. The van der Waals surface area contributed by atoms with E-state index in [0.29, 0.717) is 30.2 Å². The van der Waals surface area contributed by atoms with Crippen LogP contribution in [-0.2, 0) is 4.74 Å². The van der Waals surface area contributed by atoms with Crippen molar-refractivity contribution in [2.75, 3.05) is 43.6 Å². The van der Waals surface area contributed by atoms with Crippen LogP contribution in [0, 0.1) is 0 Å². The number of amides is 1. The van der Waals surface area contributed by atoms with Gasteiger partial charge in [0.2, 0.25) is 0 Å². The van der Waals surface area contributed by atoms with Gasteiger partial charge in [-0.05, 0) is 49.6 Å². The van der Waals surface area contributed by atoms with E-state index >= 15 is 0 Å². The number of piperidine rings is 1. The molecular weight excluding hydrogens is 330 g/mol. The van der Waals surface area contributed by atoms with Gasteiger partial charge in [0.25, 0.3) is 5.91 Å². The zero-order valence-electron chi connectivity index (χ0n) is 15.1. The molecule has 138 valence electrons. The minimum atomic E-state index is -0.185. The van der Waals surface area contributed by atoms with Gasteiger partial charge in [0.15, 0.2) is 0 Å². The van der Waals surface area contributed by atoms with E-state index < -0.39 is 0 Å². The van der Waals surface area contributed by atoms with Crippen LogP contribution in [0.3, 0.4) is 0 Å². The number of ether oxygens (including phenoxy) is 2. The van der Waals surface area contributed by atoms with Crippen molar-refractivity contribution in [3.8, 4) is 5.75 Å². The van der Waals surface area contributed by atoms with E-state index in [4.69, 9.17) is 9.47 Å². The Balaban J connectivity index is 1.59. The van der Waals surface area contributed by atoms with Crippen molar-refractivity contribution >= 4 is 17.4 Å². The fourth-order valence-electron chi connectivity index (χ4n) is 2.94. The topological polar surface area (TPSA) is 63.7 Å². The average molecular weight is 355 g/mol. The van der Waals surface area contributed by atoms with E-state index in [9.17, 15) is 4.79 Å². The molecule has 0 saturated carbocycles. The third kappa shape index (κ3) is 4.95. The average Bonchev–Trinajstić information content (AvgIpc) is 2.70. The Bertz CT molecular complexity index is 712. The van der Waals surface area contributed by atoms with E-state index in [1.54, 1.807) is 31.5 Å². The second-order valence-corrected chi connectivity index (χ2v) is 6.28. The van der Waals surface area contributed by atoms with Gasteiger partial charge in [0.1, 0.15) is 18.2 Å². The molecule has 1 aromatic carbocycles. The van der Waals surface area contributed by atoms with Crippen LogP contribution in [-0.4, -0.2) is 44.3 Å². The molecule has 1 saturated heterocycles. The Morgan fingerprint density at radius 3 is 2.73 bits per heavy atom. The van der Waals surface area contributed by atoms with Crippen LogP contribution in [0.4, 0.5) is 11.5 Å². The molecule has 2 heterocycles. The van der Waals surface area contributed by atoms with E-state index in [1.165, 1.54) is 19.3 Å². The van der Waals surface area contributed by atoms with Gasteiger partial charge in [0.05, 0.1) is 18.5 Å². The van der Waals surface area contributed by atoms with Crippen LogP contribution in [0.5, 0.6) is 5.75 Å². The molecule has 0 radical (unpaired) electrons. The van der Waals surface area contributed by atoms with Gasteiger partial charge >= 0.3 is 0 Å². The van der Waals surface area contributed by atoms with Crippen molar-refractivity contribution in [3.05, 3.63) is 48.2 Å². The van der Waals surface area contributed by atoms with Crippen molar-refractivity contribution in [2.45, 2.75) is 19.3 Å². The lowest BCUT2D eigenvalue weighted by molar-refractivity contribution is 0.102. The summed E-state index contributed by atoms with van der Waals surface area (Å²) >= 11 is 0. The first-order valence-electron chi connectivity index (χ1n) is 9.00. The highest BCUT2D eigenvalue weighted by molar-refractivity contribution is 6.04. The molecule has 0 bridgehead atoms. The van der Waals surface area contributed by atoms with Gasteiger partial charge in [-0.2, -0.15) is 0 Å². The monoisotopic (exact) mass is 355 g/mol.